The Morgan fingerprint density at radius 3 is 2.50 bits per heavy atom. The molecular weight excluding hydrogens is 386 g/mol. The molecule has 9 heteroatoms. The van der Waals surface area contributed by atoms with E-state index in [1.54, 1.807) is 11.9 Å². The predicted molar refractivity (Wildman–Crippen MR) is 104 cm³/mol. The van der Waals surface area contributed by atoms with Crippen molar-refractivity contribution in [3.8, 4) is 10.6 Å². The number of urea groups is 1. The number of thiazole rings is 1. The molecule has 1 saturated heterocycles. The van der Waals surface area contributed by atoms with E-state index in [4.69, 9.17) is 0 Å². The maximum Gasteiger partial charge on any atom is 0.322 e. The Balaban J connectivity index is 1.59. The zero-order valence-electron chi connectivity index (χ0n) is 15.7. The topological polar surface area (TPSA) is 65.5 Å². The van der Waals surface area contributed by atoms with Gasteiger partial charge in [0.05, 0.1) is 6.20 Å². The Bertz CT molecular complexity index is 845. The molecule has 0 bridgehead atoms. The van der Waals surface area contributed by atoms with Crippen LogP contribution in [0.2, 0.25) is 0 Å². The summed E-state index contributed by atoms with van der Waals surface area (Å²) in [5.41, 5.74) is 0.323. The molecule has 1 aliphatic heterocycles. The molecule has 0 unspecified atom stereocenters. The SMILES string of the molecule is CCC(=O)N1CCC(N(C)C(=O)Nc2cnc(-c3cc(F)cc(F)c3)s2)CC1. The third kappa shape index (κ3) is 4.64. The van der Waals surface area contributed by atoms with Crippen molar-refractivity contribution in [2.24, 2.45) is 0 Å². The number of rotatable bonds is 4. The number of benzene rings is 1. The van der Waals surface area contributed by atoms with E-state index in [-0.39, 0.29) is 18.0 Å². The van der Waals surface area contributed by atoms with Crippen molar-refractivity contribution < 1.29 is 18.4 Å². The monoisotopic (exact) mass is 408 g/mol. The van der Waals surface area contributed by atoms with Crippen molar-refractivity contribution in [3.05, 3.63) is 36.0 Å². The van der Waals surface area contributed by atoms with E-state index in [9.17, 15) is 18.4 Å². The Morgan fingerprint density at radius 2 is 1.89 bits per heavy atom. The van der Waals surface area contributed by atoms with Crippen molar-refractivity contribution in [1.29, 1.82) is 0 Å². The van der Waals surface area contributed by atoms with Crippen molar-refractivity contribution in [2.45, 2.75) is 32.2 Å². The van der Waals surface area contributed by atoms with Gasteiger partial charge in [0.15, 0.2) is 0 Å². The molecule has 0 saturated carbocycles. The molecule has 1 aliphatic rings. The summed E-state index contributed by atoms with van der Waals surface area (Å²) in [6.07, 6.45) is 3.42. The first-order valence-corrected chi connectivity index (χ1v) is 9.93. The third-order valence-corrected chi connectivity index (χ3v) is 5.79. The number of amides is 3. The lowest BCUT2D eigenvalue weighted by Gasteiger charge is -2.36. The van der Waals surface area contributed by atoms with Crippen LogP contribution in [0.4, 0.5) is 18.6 Å². The summed E-state index contributed by atoms with van der Waals surface area (Å²) < 4.78 is 26.8. The van der Waals surface area contributed by atoms with Gasteiger partial charge in [0, 0.05) is 44.2 Å². The predicted octanol–water partition coefficient (Wildman–Crippen LogP) is 3.95. The molecular formula is C19H22F2N4O2S. The van der Waals surface area contributed by atoms with Crippen LogP contribution in [0.1, 0.15) is 26.2 Å². The zero-order chi connectivity index (χ0) is 20.3. The molecule has 1 N–H and O–H groups in total. The Hall–Kier alpha value is -2.55. The van der Waals surface area contributed by atoms with Crippen LogP contribution in [0.5, 0.6) is 0 Å². The van der Waals surface area contributed by atoms with Crippen LogP contribution in [0.3, 0.4) is 0 Å². The summed E-state index contributed by atoms with van der Waals surface area (Å²) in [4.78, 5) is 31.9. The van der Waals surface area contributed by atoms with Crippen LogP contribution < -0.4 is 5.32 Å². The number of nitrogens with one attached hydrogen (secondary N) is 1. The average molecular weight is 408 g/mol. The highest BCUT2D eigenvalue weighted by atomic mass is 32.1. The van der Waals surface area contributed by atoms with Crippen LogP contribution in [0, 0.1) is 11.6 Å². The number of halogens is 2. The molecule has 28 heavy (non-hydrogen) atoms. The quantitative estimate of drug-likeness (QED) is 0.833. The van der Waals surface area contributed by atoms with Gasteiger partial charge < -0.3 is 9.80 Å². The average Bonchev–Trinajstić information content (AvgIpc) is 3.14. The summed E-state index contributed by atoms with van der Waals surface area (Å²) >= 11 is 1.15. The van der Waals surface area contributed by atoms with Crippen molar-refractivity contribution in [2.75, 3.05) is 25.5 Å². The Labute approximate surface area is 166 Å². The first-order valence-electron chi connectivity index (χ1n) is 9.11. The minimum atomic E-state index is -0.677. The second-order valence-corrected chi connectivity index (χ2v) is 7.73. The molecule has 0 spiro atoms. The van der Waals surface area contributed by atoms with E-state index in [2.05, 4.69) is 10.3 Å². The molecule has 3 rings (SSSR count). The number of hydrogen-bond acceptors (Lipinski definition) is 4. The number of nitrogens with zero attached hydrogens (tertiary/aromatic N) is 3. The number of aromatic nitrogens is 1. The van der Waals surface area contributed by atoms with Crippen molar-refractivity contribution in [1.82, 2.24) is 14.8 Å². The number of likely N-dealkylation sites (tertiary alicyclic amines) is 1. The molecule has 3 amide bonds. The highest BCUT2D eigenvalue weighted by molar-refractivity contribution is 7.19. The van der Waals surface area contributed by atoms with Gasteiger partial charge in [-0.3, -0.25) is 10.1 Å². The second-order valence-electron chi connectivity index (χ2n) is 6.69. The lowest BCUT2D eigenvalue weighted by molar-refractivity contribution is -0.132. The third-order valence-electron chi connectivity index (χ3n) is 4.83. The fourth-order valence-corrected chi connectivity index (χ4v) is 4.02. The Morgan fingerprint density at radius 1 is 1.25 bits per heavy atom. The van der Waals surface area contributed by atoms with Crippen LogP contribution in [0.15, 0.2) is 24.4 Å². The molecule has 150 valence electrons. The minimum Gasteiger partial charge on any atom is -0.343 e. The van der Waals surface area contributed by atoms with Crippen LogP contribution >= 0.6 is 11.3 Å². The number of carbonyl (C=O) groups excluding carboxylic acids is 2. The second kappa shape index (κ2) is 8.64. The number of piperidine rings is 1. The van der Waals surface area contributed by atoms with E-state index >= 15 is 0 Å². The number of anilines is 1. The molecule has 0 atom stereocenters. The maximum atomic E-state index is 13.4. The largest absolute Gasteiger partial charge is 0.343 e. The van der Waals surface area contributed by atoms with E-state index in [0.29, 0.717) is 35.1 Å². The van der Waals surface area contributed by atoms with E-state index in [0.717, 1.165) is 30.2 Å². The van der Waals surface area contributed by atoms with Gasteiger partial charge in [-0.2, -0.15) is 0 Å². The minimum absolute atomic E-state index is 0.0469. The molecule has 0 aliphatic carbocycles. The van der Waals surface area contributed by atoms with Gasteiger partial charge in [-0.15, -0.1) is 0 Å². The molecule has 1 aromatic heterocycles. The standard InChI is InChI=1S/C19H22F2N4O2S/c1-3-17(26)25-6-4-15(5-7-25)24(2)19(27)23-16-11-22-18(28-16)12-8-13(20)10-14(21)9-12/h8-11,15H,3-7H2,1-2H3,(H,23,27). The van der Waals surface area contributed by atoms with Gasteiger partial charge in [0.2, 0.25) is 5.91 Å². The van der Waals surface area contributed by atoms with Crippen molar-refractivity contribution in [3.63, 3.8) is 0 Å². The van der Waals surface area contributed by atoms with E-state index in [1.807, 2.05) is 11.8 Å². The fraction of sp³-hybridized carbons (Fsp3) is 0.421. The van der Waals surface area contributed by atoms with Gasteiger partial charge in [-0.25, -0.2) is 18.6 Å². The normalized spacial score (nSPS) is 14.8. The van der Waals surface area contributed by atoms with Gasteiger partial charge in [-0.05, 0) is 25.0 Å². The fourth-order valence-electron chi connectivity index (χ4n) is 3.23. The van der Waals surface area contributed by atoms with Gasteiger partial charge in [-0.1, -0.05) is 18.3 Å². The zero-order valence-corrected chi connectivity index (χ0v) is 16.6. The highest BCUT2D eigenvalue weighted by Crippen LogP contribution is 2.30. The van der Waals surface area contributed by atoms with E-state index in [1.165, 1.54) is 18.3 Å². The van der Waals surface area contributed by atoms with Crippen LogP contribution in [-0.4, -0.2) is 52.9 Å². The summed E-state index contributed by atoms with van der Waals surface area (Å²) in [5.74, 6) is -1.22. The van der Waals surface area contributed by atoms with Crippen LogP contribution in [0.25, 0.3) is 10.6 Å². The van der Waals surface area contributed by atoms with Gasteiger partial charge in [0.25, 0.3) is 0 Å². The summed E-state index contributed by atoms with van der Waals surface area (Å²) in [7, 11) is 1.72. The summed E-state index contributed by atoms with van der Waals surface area (Å²) in [6.45, 7) is 3.13. The molecule has 0 radical (unpaired) electrons. The lowest BCUT2D eigenvalue weighted by Crippen LogP contribution is -2.48. The van der Waals surface area contributed by atoms with Crippen LogP contribution in [-0.2, 0) is 4.79 Å². The highest BCUT2D eigenvalue weighted by Gasteiger charge is 2.27. The molecule has 2 aromatic rings. The molecule has 2 heterocycles. The smallest absolute Gasteiger partial charge is 0.322 e. The Kier molecular flexibility index (Phi) is 6.23. The lowest BCUT2D eigenvalue weighted by atomic mass is 10.0. The number of carbonyl (C=O) groups is 2. The van der Waals surface area contributed by atoms with Gasteiger partial charge >= 0.3 is 6.03 Å². The first kappa shape index (κ1) is 20.2. The molecule has 6 nitrogen and oxygen atoms in total. The summed E-state index contributed by atoms with van der Waals surface area (Å²) in [6, 6.07) is 2.97. The van der Waals surface area contributed by atoms with Crippen molar-refractivity contribution >= 4 is 28.3 Å². The van der Waals surface area contributed by atoms with E-state index < -0.39 is 11.6 Å². The maximum absolute atomic E-state index is 13.4. The number of hydrogen-bond donors (Lipinski definition) is 1. The van der Waals surface area contributed by atoms with Gasteiger partial charge in [0.1, 0.15) is 21.6 Å². The first-order chi connectivity index (χ1) is 13.4. The molecule has 1 aromatic carbocycles. The molecule has 1 fully saturated rings. The summed E-state index contributed by atoms with van der Waals surface area (Å²) in [5, 5.41) is 3.69.